The summed E-state index contributed by atoms with van der Waals surface area (Å²) in [6.45, 7) is 6.30. The number of carbonyl (C=O) groups excluding carboxylic acids is 1. The molecular weight excluding hydrogens is 200 g/mol. The average molecular weight is 220 g/mol. The van der Waals surface area contributed by atoms with E-state index in [4.69, 9.17) is 19.3 Å². The maximum absolute atomic E-state index is 11.1. The van der Waals surface area contributed by atoms with E-state index in [1.165, 1.54) is 0 Å². The molecule has 0 aliphatic heterocycles. The molecule has 0 rings (SSSR count). The summed E-state index contributed by atoms with van der Waals surface area (Å²) in [5.74, 6) is -0.385. The highest BCUT2D eigenvalue weighted by molar-refractivity contribution is 5.71. The Hall–Kier alpha value is -0.650. The van der Waals surface area contributed by atoms with Crippen LogP contribution in [0.3, 0.4) is 0 Å². The maximum atomic E-state index is 11.1. The van der Waals surface area contributed by atoms with Crippen LogP contribution < -0.4 is 0 Å². The second-order valence-electron chi connectivity index (χ2n) is 3.98. The maximum Gasteiger partial charge on any atom is 0.332 e. The standard InChI is InChI=1S/C10H20O5/c1-10(2,3)15-9(12)8-14-7-6-13-5-4-11/h11H,4-8H2,1-3H3. The fraction of sp³-hybridized carbons (Fsp3) is 0.900. The van der Waals surface area contributed by atoms with E-state index < -0.39 is 5.60 Å². The number of ether oxygens (including phenoxy) is 3. The van der Waals surface area contributed by atoms with Crippen LogP contribution in [0, 0.1) is 0 Å². The molecule has 0 bridgehead atoms. The normalized spacial score (nSPS) is 11.5. The van der Waals surface area contributed by atoms with Gasteiger partial charge in [0, 0.05) is 0 Å². The number of aliphatic hydroxyl groups is 1. The Bertz CT molecular complexity index is 173. The first kappa shape index (κ1) is 14.3. The fourth-order valence-corrected chi connectivity index (χ4v) is 0.811. The summed E-state index contributed by atoms with van der Waals surface area (Å²) in [4.78, 5) is 11.1. The van der Waals surface area contributed by atoms with Gasteiger partial charge in [0.2, 0.25) is 0 Å². The predicted molar refractivity (Wildman–Crippen MR) is 54.6 cm³/mol. The van der Waals surface area contributed by atoms with Crippen molar-refractivity contribution in [3.63, 3.8) is 0 Å². The van der Waals surface area contributed by atoms with Gasteiger partial charge in [0.15, 0.2) is 0 Å². The Morgan fingerprint density at radius 2 is 1.73 bits per heavy atom. The van der Waals surface area contributed by atoms with Gasteiger partial charge in [-0.2, -0.15) is 0 Å². The van der Waals surface area contributed by atoms with Crippen molar-refractivity contribution in [3.8, 4) is 0 Å². The van der Waals surface area contributed by atoms with Crippen molar-refractivity contribution < 1.29 is 24.1 Å². The van der Waals surface area contributed by atoms with Gasteiger partial charge in [-0.3, -0.25) is 0 Å². The summed E-state index contributed by atoms with van der Waals surface area (Å²) in [6.07, 6.45) is 0. The molecule has 0 unspecified atom stereocenters. The van der Waals surface area contributed by atoms with Crippen LogP contribution in [0.25, 0.3) is 0 Å². The number of aliphatic hydroxyl groups excluding tert-OH is 1. The zero-order chi connectivity index (χ0) is 11.7. The minimum absolute atomic E-state index is 0.00787. The van der Waals surface area contributed by atoms with Crippen molar-refractivity contribution in [3.05, 3.63) is 0 Å². The van der Waals surface area contributed by atoms with Gasteiger partial charge in [0.25, 0.3) is 0 Å². The van der Waals surface area contributed by atoms with E-state index in [0.29, 0.717) is 13.2 Å². The summed E-state index contributed by atoms with van der Waals surface area (Å²) in [5.41, 5.74) is -0.478. The molecule has 0 aromatic carbocycles. The smallest absolute Gasteiger partial charge is 0.332 e. The molecule has 0 amide bonds. The van der Waals surface area contributed by atoms with Gasteiger partial charge >= 0.3 is 5.97 Å². The second-order valence-corrected chi connectivity index (χ2v) is 3.98. The van der Waals surface area contributed by atoms with Crippen LogP contribution in [-0.4, -0.2) is 49.7 Å². The Morgan fingerprint density at radius 1 is 1.13 bits per heavy atom. The van der Waals surface area contributed by atoms with Crippen molar-refractivity contribution in [1.29, 1.82) is 0 Å². The molecule has 5 heteroatoms. The van der Waals surface area contributed by atoms with Gasteiger partial charge in [-0.25, -0.2) is 4.79 Å². The van der Waals surface area contributed by atoms with Crippen LogP contribution in [-0.2, 0) is 19.0 Å². The minimum Gasteiger partial charge on any atom is -0.458 e. The van der Waals surface area contributed by atoms with Crippen molar-refractivity contribution >= 4 is 5.97 Å². The number of rotatable bonds is 7. The molecule has 0 aliphatic rings. The van der Waals surface area contributed by atoms with Crippen LogP contribution >= 0.6 is 0 Å². The van der Waals surface area contributed by atoms with E-state index in [9.17, 15) is 4.79 Å². The third kappa shape index (κ3) is 11.3. The van der Waals surface area contributed by atoms with E-state index in [0.717, 1.165) is 0 Å². The molecule has 0 aromatic heterocycles. The van der Waals surface area contributed by atoms with Crippen molar-refractivity contribution in [2.24, 2.45) is 0 Å². The van der Waals surface area contributed by atoms with Crippen LogP contribution in [0.1, 0.15) is 20.8 Å². The van der Waals surface area contributed by atoms with Gasteiger partial charge < -0.3 is 19.3 Å². The van der Waals surface area contributed by atoms with Crippen LogP contribution in [0.2, 0.25) is 0 Å². The highest BCUT2D eigenvalue weighted by Gasteiger charge is 2.15. The molecule has 0 heterocycles. The molecule has 0 saturated heterocycles. The Kier molecular flexibility index (Phi) is 7.29. The van der Waals surface area contributed by atoms with E-state index in [-0.39, 0.29) is 25.8 Å². The lowest BCUT2D eigenvalue weighted by Gasteiger charge is -2.19. The van der Waals surface area contributed by atoms with E-state index in [2.05, 4.69) is 0 Å². The van der Waals surface area contributed by atoms with Crippen molar-refractivity contribution in [1.82, 2.24) is 0 Å². The van der Waals surface area contributed by atoms with Crippen molar-refractivity contribution in [2.45, 2.75) is 26.4 Å². The molecule has 5 nitrogen and oxygen atoms in total. The summed E-state index contributed by atoms with van der Waals surface area (Å²) in [6, 6.07) is 0. The molecule has 0 fully saturated rings. The monoisotopic (exact) mass is 220 g/mol. The Labute approximate surface area is 90.3 Å². The largest absolute Gasteiger partial charge is 0.458 e. The third-order valence-corrected chi connectivity index (χ3v) is 1.25. The zero-order valence-corrected chi connectivity index (χ0v) is 9.62. The lowest BCUT2D eigenvalue weighted by molar-refractivity contribution is -0.160. The van der Waals surface area contributed by atoms with Crippen LogP contribution in [0.4, 0.5) is 0 Å². The lowest BCUT2D eigenvalue weighted by atomic mass is 10.2. The Morgan fingerprint density at radius 3 is 2.27 bits per heavy atom. The molecule has 0 radical (unpaired) electrons. The highest BCUT2D eigenvalue weighted by atomic mass is 16.6. The van der Waals surface area contributed by atoms with Crippen molar-refractivity contribution in [2.75, 3.05) is 33.0 Å². The molecule has 0 aromatic rings. The second kappa shape index (κ2) is 7.62. The first-order valence-corrected chi connectivity index (χ1v) is 4.94. The minimum atomic E-state index is -0.478. The topological polar surface area (TPSA) is 65.0 Å². The van der Waals surface area contributed by atoms with Crippen LogP contribution in [0.15, 0.2) is 0 Å². The summed E-state index contributed by atoms with van der Waals surface area (Å²) in [5, 5.41) is 8.40. The molecule has 0 atom stereocenters. The first-order valence-electron chi connectivity index (χ1n) is 4.94. The summed E-state index contributed by atoms with van der Waals surface area (Å²) >= 11 is 0. The summed E-state index contributed by atoms with van der Waals surface area (Å²) < 4.78 is 15.0. The van der Waals surface area contributed by atoms with E-state index in [1.54, 1.807) is 20.8 Å². The molecule has 0 saturated carbocycles. The molecule has 0 spiro atoms. The van der Waals surface area contributed by atoms with Gasteiger partial charge in [0.05, 0.1) is 26.4 Å². The molecule has 90 valence electrons. The van der Waals surface area contributed by atoms with Crippen LogP contribution in [0.5, 0.6) is 0 Å². The van der Waals surface area contributed by atoms with E-state index >= 15 is 0 Å². The highest BCUT2D eigenvalue weighted by Crippen LogP contribution is 2.06. The quantitative estimate of drug-likeness (QED) is 0.495. The fourth-order valence-electron chi connectivity index (χ4n) is 0.811. The SMILES string of the molecule is CC(C)(C)OC(=O)COCCOCCO. The molecule has 0 aliphatic carbocycles. The predicted octanol–water partition coefficient (Wildman–Crippen LogP) is 0.354. The molecular formula is C10H20O5. The average Bonchev–Trinajstić information content (AvgIpc) is 2.08. The van der Waals surface area contributed by atoms with Gasteiger partial charge in [0.1, 0.15) is 12.2 Å². The van der Waals surface area contributed by atoms with E-state index in [1.807, 2.05) is 0 Å². The molecule has 1 N–H and O–H groups in total. The first-order chi connectivity index (χ1) is 6.95. The summed E-state index contributed by atoms with van der Waals surface area (Å²) in [7, 11) is 0. The number of carbonyl (C=O) groups is 1. The van der Waals surface area contributed by atoms with Gasteiger partial charge in [-0.1, -0.05) is 0 Å². The third-order valence-electron chi connectivity index (χ3n) is 1.25. The number of hydrogen-bond acceptors (Lipinski definition) is 5. The van der Waals surface area contributed by atoms with Gasteiger partial charge in [-0.15, -0.1) is 0 Å². The number of hydrogen-bond donors (Lipinski definition) is 1. The van der Waals surface area contributed by atoms with Gasteiger partial charge in [-0.05, 0) is 20.8 Å². The lowest BCUT2D eigenvalue weighted by Crippen LogP contribution is -2.27. The zero-order valence-electron chi connectivity index (χ0n) is 9.62. The number of esters is 1. The molecule has 15 heavy (non-hydrogen) atoms. The Balaban J connectivity index is 3.32.